The van der Waals surface area contributed by atoms with Crippen LogP contribution in [0.1, 0.15) is 13.3 Å². The zero-order chi connectivity index (χ0) is 17.5. The summed E-state index contributed by atoms with van der Waals surface area (Å²) in [5, 5.41) is 8.31. The van der Waals surface area contributed by atoms with Gasteiger partial charge in [0.25, 0.3) is 0 Å². The maximum atomic E-state index is 12.8. The van der Waals surface area contributed by atoms with E-state index in [0.29, 0.717) is 18.8 Å². The van der Waals surface area contributed by atoms with Gasteiger partial charge >= 0.3 is 6.03 Å². The number of halogens is 1. The molecule has 0 unspecified atom stereocenters. The van der Waals surface area contributed by atoms with Crippen molar-refractivity contribution in [1.82, 2.24) is 15.5 Å². The molecule has 0 aromatic heterocycles. The first kappa shape index (κ1) is 17.9. The molecule has 6 nitrogen and oxygen atoms in total. The summed E-state index contributed by atoms with van der Waals surface area (Å²) in [5.41, 5.74) is 0.529. The van der Waals surface area contributed by atoms with Crippen LogP contribution in [0.25, 0.3) is 0 Å². The summed E-state index contributed by atoms with van der Waals surface area (Å²) in [6.07, 6.45) is 2.41. The topological polar surface area (TPSA) is 73.5 Å². The first-order valence-electron chi connectivity index (χ1n) is 7.95. The minimum Gasteiger partial charge on any atom is -0.351 e. The molecule has 0 saturated carbocycles. The van der Waals surface area contributed by atoms with Gasteiger partial charge in [-0.15, -0.1) is 6.58 Å². The number of carbonyl (C=O) groups excluding carboxylic acids is 2. The lowest BCUT2D eigenvalue weighted by Gasteiger charge is -2.23. The fourth-order valence-electron chi connectivity index (χ4n) is 2.63. The van der Waals surface area contributed by atoms with E-state index in [-0.39, 0.29) is 29.8 Å². The van der Waals surface area contributed by atoms with E-state index in [0.717, 1.165) is 13.0 Å². The normalized spacial score (nSPS) is 18.7. The van der Waals surface area contributed by atoms with E-state index in [4.69, 9.17) is 0 Å². The van der Waals surface area contributed by atoms with E-state index in [2.05, 4.69) is 22.5 Å². The molecule has 1 aliphatic heterocycles. The summed E-state index contributed by atoms with van der Waals surface area (Å²) >= 11 is 0. The minimum atomic E-state index is -0.351. The Bertz CT molecular complexity index is 591. The molecule has 2 rings (SSSR count). The van der Waals surface area contributed by atoms with Crippen molar-refractivity contribution in [2.24, 2.45) is 0 Å². The molecule has 1 fully saturated rings. The highest BCUT2D eigenvalue weighted by Crippen LogP contribution is 2.14. The van der Waals surface area contributed by atoms with Crippen molar-refractivity contribution in [3.05, 3.63) is 42.7 Å². The van der Waals surface area contributed by atoms with E-state index in [1.54, 1.807) is 6.08 Å². The predicted molar refractivity (Wildman–Crippen MR) is 91.2 cm³/mol. The van der Waals surface area contributed by atoms with E-state index in [1.165, 1.54) is 24.3 Å². The molecule has 130 valence electrons. The SMILES string of the molecule is C=CCNC(=O)[C@H](C)N1CC[C@H](NC(=O)Nc2ccc(F)cc2)C1. The molecule has 1 aliphatic rings. The molecule has 3 amide bonds. The van der Waals surface area contributed by atoms with Crippen LogP contribution in [0.3, 0.4) is 0 Å². The maximum Gasteiger partial charge on any atom is 0.319 e. The third kappa shape index (κ3) is 5.06. The lowest BCUT2D eigenvalue weighted by atomic mass is 10.2. The first-order chi connectivity index (χ1) is 11.5. The number of carbonyl (C=O) groups is 2. The van der Waals surface area contributed by atoms with Gasteiger partial charge in [0.1, 0.15) is 5.82 Å². The molecular formula is C17H23FN4O2. The third-order valence-corrected chi connectivity index (χ3v) is 4.00. The standard InChI is InChI=1S/C17H23FN4O2/c1-3-9-19-16(23)12(2)22-10-8-15(11-22)21-17(24)20-14-6-4-13(18)5-7-14/h3-7,12,15H,1,8-11H2,2H3,(H,19,23)(H2,20,21,24)/t12-,15-/m0/s1. The van der Waals surface area contributed by atoms with Crippen molar-refractivity contribution < 1.29 is 14.0 Å². The zero-order valence-electron chi connectivity index (χ0n) is 13.7. The largest absolute Gasteiger partial charge is 0.351 e. The monoisotopic (exact) mass is 334 g/mol. The van der Waals surface area contributed by atoms with Gasteiger partial charge in [-0.25, -0.2) is 9.18 Å². The van der Waals surface area contributed by atoms with Crippen molar-refractivity contribution in [3.63, 3.8) is 0 Å². The molecule has 7 heteroatoms. The van der Waals surface area contributed by atoms with Crippen LogP contribution in [-0.4, -0.2) is 48.6 Å². The number of hydrogen-bond acceptors (Lipinski definition) is 3. The van der Waals surface area contributed by atoms with Crippen LogP contribution in [0.4, 0.5) is 14.9 Å². The zero-order valence-corrected chi connectivity index (χ0v) is 13.7. The Hall–Kier alpha value is -2.41. The first-order valence-corrected chi connectivity index (χ1v) is 7.95. The van der Waals surface area contributed by atoms with E-state index in [9.17, 15) is 14.0 Å². The summed E-state index contributed by atoms with van der Waals surface area (Å²) in [5.74, 6) is -0.401. The molecular weight excluding hydrogens is 311 g/mol. The molecule has 1 saturated heterocycles. The highest BCUT2D eigenvalue weighted by atomic mass is 19.1. The summed E-state index contributed by atoms with van der Waals surface area (Å²) in [6, 6.07) is 4.96. The second kappa shape index (κ2) is 8.44. The molecule has 1 heterocycles. The minimum absolute atomic E-state index is 0.0277. The molecule has 1 aromatic carbocycles. The van der Waals surface area contributed by atoms with Crippen LogP contribution in [-0.2, 0) is 4.79 Å². The number of likely N-dealkylation sites (tertiary alicyclic amines) is 1. The molecule has 2 atom stereocenters. The van der Waals surface area contributed by atoms with Crippen LogP contribution in [0.2, 0.25) is 0 Å². The highest BCUT2D eigenvalue weighted by molar-refractivity contribution is 5.89. The molecule has 0 radical (unpaired) electrons. The third-order valence-electron chi connectivity index (χ3n) is 4.00. The Kier molecular flexibility index (Phi) is 6.31. The van der Waals surface area contributed by atoms with Crippen molar-refractivity contribution in [1.29, 1.82) is 0 Å². The Morgan fingerprint density at radius 2 is 2.12 bits per heavy atom. The van der Waals surface area contributed by atoms with Crippen molar-refractivity contribution in [2.75, 3.05) is 25.0 Å². The number of nitrogens with one attached hydrogen (secondary N) is 3. The van der Waals surface area contributed by atoms with Gasteiger partial charge in [-0.3, -0.25) is 9.69 Å². The van der Waals surface area contributed by atoms with Gasteiger partial charge in [0.15, 0.2) is 0 Å². The summed E-state index contributed by atoms with van der Waals surface area (Å²) in [4.78, 5) is 26.0. The maximum absolute atomic E-state index is 12.8. The Morgan fingerprint density at radius 1 is 1.42 bits per heavy atom. The van der Waals surface area contributed by atoms with E-state index in [1.807, 2.05) is 11.8 Å². The number of nitrogens with zero attached hydrogens (tertiary/aromatic N) is 1. The fraction of sp³-hybridized carbons (Fsp3) is 0.412. The van der Waals surface area contributed by atoms with E-state index >= 15 is 0 Å². The molecule has 1 aromatic rings. The Balaban J connectivity index is 1.78. The number of amides is 3. The van der Waals surface area contributed by atoms with Crippen molar-refractivity contribution in [3.8, 4) is 0 Å². The quantitative estimate of drug-likeness (QED) is 0.694. The lowest BCUT2D eigenvalue weighted by Crippen LogP contribution is -2.46. The molecule has 0 aliphatic carbocycles. The number of anilines is 1. The van der Waals surface area contributed by atoms with Gasteiger partial charge < -0.3 is 16.0 Å². The van der Waals surface area contributed by atoms with Gasteiger partial charge in [0.05, 0.1) is 6.04 Å². The van der Waals surface area contributed by atoms with Crippen LogP contribution >= 0.6 is 0 Å². The second-order valence-electron chi connectivity index (χ2n) is 5.80. The Labute approximate surface area is 141 Å². The Morgan fingerprint density at radius 3 is 2.79 bits per heavy atom. The van der Waals surface area contributed by atoms with Crippen LogP contribution in [0.5, 0.6) is 0 Å². The summed E-state index contributed by atoms with van der Waals surface area (Å²) in [6.45, 7) is 7.21. The summed E-state index contributed by atoms with van der Waals surface area (Å²) < 4.78 is 12.8. The van der Waals surface area contributed by atoms with Gasteiger partial charge in [0, 0.05) is 31.4 Å². The smallest absolute Gasteiger partial charge is 0.319 e. The number of urea groups is 1. The van der Waals surface area contributed by atoms with Gasteiger partial charge in [0.2, 0.25) is 5.91 Å². The average Bonchev–Trinajstić information content (AvgIpc) is 3.02. The molecule has 0 spiro atoms. The van der Waals surface area contributed by atoms with Gasteiger partial charge in [-0.05, 0) is 37.6 Å². The van der Waals surface area contributed by atoms with Crippen molar-refractivity contribution in [2.45, 2.75) is 25.4 Å². The lowest BCUT2D eigenvalue weighted by molar-refractivity contribution is -0.125. The molecule has 3 N–H and O–H groups in total. The highest BCUT2D eigenvalue weighted by Gasteiger charge is 2.30. The average molecular weight is 334 g/mol. The number of hydrogen-bond donors (Lipinski definition) is 3. The van der Waals surface area contributed by atoms with Crippen LogP contribution in [0.15, 0.2) is 36.9 Å². The number of rotatable bonds is 6. The van der Waals surface area contributed by atoms with E-state index < -0.39 is 0 Å². The van der Waals surface area contributed by atoms with Gasteiger partial charge in [-0.1, -0.05) is 6.08 Å². The predicted octanol–water partition coefficient (Wildman–Crippen LogP) is 1.71. The second-order valence-corrected chi connectivity index (χ2v) is 5.80. The van der Waals surface area contributed by atoms with Gasteiger partial charge in [-0.2, -0.15) is 0 Å². The van der Waals surface area contributed by atoms with Crippen molar-refractivity contribution >= 4 is 17.6 Å². The summed E-state index contributed by atoms with van der Waals surface area (Å²) in [7, 11) is 0. The van der Waals surface area contributed by atoms with Crippen LogP contribution in [0, 0.1) is 5.82 Å². The fourth-order valence-corrected chi connectivity index (χ4v) is 2.63. The van der Waals surface area contributed by atoms with Crippen LogP contribution < -0.4 is 16.0 Å². The number of benzene rings is 1. The molecule has 24 heavy (non-hydrogen) atoms. The molecule has 0 bridgehead atoms.